The maximum Gasteiger partial charge on any atom is 0.335 e. The molecule has 100 valence electrons. The van der Waals surface area contributed by atoms with Crippen LogP contribution in [0.15, 0.2) is 24.3 Å². The Morgan fingerprint density at radius 1 is 1.39 bits per heavy atom. The van der Waals surface area contributed by atoms with E-state index in [1.807, 2.05) is 24.3 Å². The number of hydrogen-bond donors (Lipinski definition) is 2. The maximum absolute atomic E-state index is 10.9. The standard InChI is InChI=1S/C14H20O4/c1-10(14(2,17)13(15)16)4-5-11-6-8-12(18-3)9-7-11/h6-10,17H,4-5H2,1-3H3,(H,15,16). The molecule has 0 spiro atoms. The second-order valence-electron chi connectivity index (χ2n) is 4.74. The van der Waals surface area contributed by atoms with Gasteiger partial charge >= 0.3 is 5.97 Å². The van der Waals surface area contributed by atoms with Crippen molar-refractivity contribution in [1.29, 1.82) is 0 Å². The first-order chi connectivity index (χ1) is 8.37. The van der Waals surface area contributed by atoms with Crippen LogP contribution in [0.5, 0.6) is 5.75 Å². The largest absolute Gasteiger partial charge is 0.497 e. The van der Waals surface area contributed by atoms with Crippen LogP contribution in [0.25, 0.3) is 0 Å². The molecule has 0 heterocycles. The van der Waals surface area contributed by atoms with Gasteiger partial charge < -0.3 is 14.9 Å². The molecule has 1 aromatic carbocycles. The second kappa shape index (κ2) is 5.87. The van der Waals surface area contributed by atoms with Crippen molar-refractivity contribution in [3.8, 4) is 5.75 Å². The summed E-state index contributed by atoms with van der Waals surface area (Å²) in [6.45, 7) is 3.09. The Balaban J connectivity index is 2.56. The Kier molecular flexibility index (Phi) is 4.73. The van der Waals surface area contributed by atoms with E-state index in [-0.39, 0.29) is 5.92 Å². The lowest BCUT2D eigenvalue weighted by atomic mass is 9.86. The minimum Gasteiger partial charge on any atom is -0.497 e. The molecular formula is C14H20O4. The van der Waals surface area contributed by atoms with Crippen LogP contribution in [0.1, 0.15) is 25.8 Å². The van der Waals surface area contributed by atoms with Crippen LogP contribution in [0.3, 0.4) is 0 Å². The molecule has 4 nitrogen and oxygen atoms in total. The summed E-state index contributed by atoms with van der Waals surface area (Å²) in [5.74, 6) is -0.689. The van der Waals surface area contributed by atoms with Gasteiger partial charge in [-0.25, -0.2) is 4.79 Å². The van der Waals surface area contributed by atoms with Gasteiger partial charge in [0.1, 0.15) is 5.75 Å². The Labute approximate surface area is 107 Å². The summed E-state index contributed by atoms with van der Waals surface area (Å²) in [5, 5.41) is 18.7. The van der Waals surface area contributed by atoms with Crippen molar-refractivity contribution in [1.82, 2.24) is 0 Å². The van der Waals surface area contributed by atoms with Gasteiger partial charge in [0.15, 0.2) is 5.60 Å². The number of ether oxygens (including phenoxy) is 1. The normalized spacial score (nSPS) is 15.8. The van der Waals surface area contributed by atoms with Crippen LogP contribution < -0.4 is 4.74 Å². The molecule has 0 fully saturated rings. The molecule has 0 aliphatic carbocycles. The molecule has 0 radical (unpaired) electrons. The number of hydrogen-bond acceptors (Lipinski definition) is 3. The molecule has 4 heteroatoms. The van der Waals surface area contributed by atoms with E-state index < -0.39 is 11.6 Å². The van der Waals surface area contributed by atoms with Crippen LogP contribution in [0.2, 0.25) is 0 Å². The van der Waals surface area contributed by atoms with Crippen molar-refractivity contribution >= 4 is 5.97 Å². The number of aliphatic hydroxyl groups is 1. The summed E-state index contributed by atoms with van der Waals surface area (Å²) in [6.07, 6.45) is 1.35. The van der Waals surface area contributed by atoms with E-state index in [9.17, 15) is 9.90 Å². The smallest absolute Gasteiger partial charge is 0.335 e. The van der Waals surface area contributed by atoms with Gasteiger partial charge in [-0.3, -0.25) is 0 Å². The van der Waals surface area contributed by atoms with E-state index in [0.29, 0.717) is 6.42 Å². The van der Waals surface area contributed by atoms with Crippen LogP contribution in [0, 0.1) is 5.92 Å². The molecule has 0 aromatic heterocycles. The number of carboxylic acid groups (broad SMARTS) is 1. The van der Waals surface area contributed by atoms with Gasteiger partial charge in [-0.1, -0.05) is 19.1 Å². The molecule has 0 aliphatic heterocycles. The Hall–Kier alpha value is -1.55. The fraction of sp³-hybridized carbons (Fsp3) is 0.500. The van der Waals surface area contributed by atoms with Crippen LogP contribution in [0.4, 0.5) is 0 Å². The lowest BCUT2D eigenvalue weighted by molar-refractivity contribution is -0.162. The number of aliphatic carboxylic acids is 1. The lowest BCUT2D eigenvalue weighted by Gasteiger charge is -2.25. The zero-order chi connectivity index (χ0) is 13.8. The van der Waals surface area contributed by atoms with Gasteiger partial charge in [-0.2, -0.15) is 0 Å². The zero-order valence-electron chi connectivity index (χ0n) is 11.0. The Morgan fingerprint density at radius 2 is 1.94 bits per heavy atom. The Morgan fingerprint density at radius 3 is 2.39 bits per heavy atom. The summed E-state index contributed by atoms with van der Waals surface area (Å²) in [5.41, 5.74) is -0.573. The summed E-state index contributed by atoms with van der Waals surface area (Å²) in [6, 6.07) is 7.63. The predicted octanol–water partition coefficient (Wildman–Crippen LogP) is 2.10. The van der Waals surface area contributed by atoms with E-state index in [1.54, 1.807) is 14.0 Å². The van der Waals surface area contributed by atoms with Crippen molar-refractivity contribution in [3.63, 3.8) is 0 Å². The summed E-state index contributed by atoms with van der Waals surface area (Å²) in [4.78, 5) is 10.9. The van der Waals surface area contributed by atoms with Crippen LogP contribution in [-0.2, 0) is 11.2 Å². The van der Waals surface area contributed by atoms with Gasteiger partial charge in [0.2, 0.25) is 0 Å². The average molecular weight is 252 g/mol. The minimum absolute atomic E-state index is 0.308. The number of aryl methyl sites for hydroxylation is 1. The molecular weight excluding hydrogens is 232 g/mol. The quantitative estimate of drug-likeness (QED) is 0.813. The lowest BCUT2D eigenvalue weighted by Crippen LogP contribution is -2.41. The Bertz CT molecular complexity index is 395. The minimum atomic E-state index is -1.67. The number of benzene rings is 1. The van der Waals surface area contributed by atoms with Crippen molar-refractivity contribution in [2.75, 3.05) is 7.11 Å². The molecule has 1 rings (SSSR count). The first-order valence-corrected chi connectivity index (χ1v) is 5.96. The van der Waals surface area contributed by atoms with Crippen LogP contribution in [-0.4, -0.2) is 28.9 Å². The van der Waals surface area contributed by atoms with E-state index in [2.05, 4.69) is 0 Å². The highest BCUT2D eigenvalue weighted by Crippen LogP contribution is 2.23. The molecule has 2 unspecified atom stereocenters. The molecule has 2 N–H and O–H groups in total. The molecule has 0 amide bonds. The molecule has 0 saturated heterocycles. The summed E-state index contributed by atoms with van der Waals surface area (Å²) < 4.78 is 5.06. The predicted molar refractivity (Wildman–Crippen MR) is 68.7 cm³/mol. The fourth-order valence-electron chi connectivity index (χ4n) is 1.67. The number of carboxylic acids is 1. The van der Waals surface area contributed by atoms with Gasteiger partial charge in [0, 0.05) is 0 Å². The van der Waals surface area contributed by atoms with E-state index >= 15 is 0 Å². The second-order valence-corrected chi connectivity index (χ2v) is 4.74. The number of rotatable bonds is 6. The van der Waals surface area contributed by atoms with Crippen molar-refractivity contribution < 1.29 is 19.7 Å². The summed E-state index contributed by atoms with van der Waals surface area (Å²) in [7, 11) is 1.61. The van der Waals surface area contributed by atoms with Gasteiger partial charge in [-0.15, -0.1) is 0 Å². The van der Waals surface area contributed by atoms with E-state index in [1.165, 1.54) is 6.92 Å². The molecule has 2 atom stereocenters. The molecule has 0 aliphatic rings. The molecule has 18 heavy (non-hydrogen) atoms. The third-order valence-electron chi connectivity index (χ3n) is 3.42. The molecule has 0 bridgehead atoms. The van der Waals surface area contributed by atoms with Crippen molar-refractivity contribution in [2.24, 2.45) is 5.92 Å². The summed E-state index contributed by atoms with van der Waals surface area (Å²) >= 11 is 0. The van der Waals surface area contributed by atoms with Crippen LogP contribution >= 0.6 is 0 Å². The first kappa shape index (κ1) is 14.5. The third-order valence-corrected chi connectivity index (χ3v) is 3.42. The molecule has 0 saturated carbocycles. The third kappa shape index (κ3) is 3.47. The zero-order valence-corrected chi connectivity index (χ0v) is 11.0. The van der Waals surface area contributed by atoms with E-state index in [4.69, 9.17) is 9.84 Å². The monoisotopic (exact) mass is 252 g/mol. The average Bonchev–Trinajstić information content (AvgIpc) is 2.36. The van der Waals surface area contributed by atoms with Crippen molar-refractivity contribution in [3.05, 3.63) is 29.8 Å². The fourth-order valence-corrected chi connectivity index (χ4v) is 1.67. The van der Waals surface area contributed by atoms with Crippen molar-refractivity contribution in [2.45, 2.75) is 32.3 Å². The highest BCUT2D eigenvalue weighted by molar-refractivity contribution is 5.76. The number of carbonyl (C=O) groups is 1. The first-order valence-electron chi connectivity index (χ1n) is 5.96. The van der Waals surface area contributed by atoms with Gasteiger partial charge in [0.25, 0.3) is 0 Å². The topological polar surface area (TPSA) is 66.8 Å². The maximum atomic E-state index is 10.9. The SMILES string of the molecule is COc1ccc(CCC(C)C(C)(O)C(=O)O)cc1. The van der Waals surface area contributed by atoms with Gasteiger partial charge in [-0.05, 0) is 43.4 Å². The van der Waals surface area contributed by atoms with E-state index in [0.717, 1.165) is 17.7 Å². The van der Waals surface area contributed by atoms with Gasteiger partial charge in [0.05, 0.1) is 7.11 Å². The number of methoxy groups -OCH3 is 1. The highest BCUT2D eigenvalue weighted by Gasteiger charge is 2.35. The molecule has 1 aromatic rings. The highest BCUT2D eigenvalue weighted by atomic mass is 16.5.